The van der Waals surface area contributed by atoms with Gasteiger partial charge in [-0.25, -0.2) is 0 Å². The van der Waals surface area contributed by atoms with E-state index in [1.54, 1.807) is 36.4 Å². The zero-order valence-electron chi connectivity index (χ0n) is 17.7. The summed E-state index contributed by atoms with van der Waals surface area (Å²) in [6.45, 7) is 1.90. The number of phenolic OH excluding ortho intramolecular Hbond substituents is 1. The van der Waals surface area contributed by atoms with Crippen molar-refractivity contribution in [2.24, 2.45) is 10.2 Å². The first-order valence-electron chi connectivity index (χ1n) is 10.0. The van der Waals surface area contributed by atoms with Crippen molar-refractivity contribution in [1.82, 2.24) is 0 Å². The number of fused-ring (bicyclic) bond motifs is 1. The largest absolute Gasteiger partial charge is 0.505 e. The van der Waals surface area contributed by atoms with E-state index in [2.05, 4.69) is 15.5 Å². The molecule has 0 bridgehead atoms. The van der Waals surface area contributed by atoms with Crippen molar-refractivity contribution in [1.29, 1.82) is 0 Å². The molecule has 5 nitrogen and oxygen atoms in total. The molecule has 0 saturated carbocycles. The first-order chi connectivity index (χ1) is 16.1. The van der Waals surface area contributed by atoms with E-state index in [9.17, 15) is 23.1 Å². The molecule has 0 fully saturated rings. The number of carbonyl (C=O) groups excluding carboxylic acids is 1. The molecule has 0 aliphatic carbocycles. The lowest BCUT2D eigenvalue weighted by molar-refractivity contribution is -0.137. The number of carbonyl (C=O) groups is 1. The van der Waals surface area contributed by atoms with Gasteiger partial charge in [-0.2, -0.15) is 13.2 Å². The number of hydrogen-bond acceptors (Lipinski definition) is 4. The highest BCUT2D eigenvalue weighted by Crippen LogP contribution is 2.42. The molecule has 1 amide bonds. The number of aromatic hydroxyl groups is 1. The summed E-state index contributed by atoms with van der Waals surface area (Å²) in [4.78, 5) is 12.9. The van der Waals surface area contributed by atoms with Crippen LogP contribution in [0, 0.1) is 6.92 Å². The molecule has 4 rings (SSSR count). The van der Waals surface area contributed by atoms with Gasteiger partial charge in [0.2, 0.25) is 0 Å². The van der Waals surface area contributed by atoms with Crippen molar-refractivity contribution in [3.8, 4) is 5.75 Å². The van der Waals surface area contributed by atoms with Gasteiger partial charge in [-0.1, -0.05) is 53.6 Å². The summed E-state index contributed by atoms with van der Waals surface area (Å²) in [6, 6.07) is 18.2. The molecule has 0 aliphatic rings. The van der Waals surface area contributed by atoms with Crippen LogP contribution in [-0.4, -0.2) is 11.0 Å². The second kappa shape index (κ2) is 9.15. The average Bonchev–Trinajstić information content (AvgIpc) is 2.79. The molecule has 9 heteroatoms. The van der Waals surface area contributed by atoms with Gasteiger partial charge < -0.3 is 10.4 Å². The fraction of sp³-hybridized carbons (Fsp3) is 0.0800. The van der Waals surface area contributed by atoms with Gasteiger partial charge in [0.25, 0.3) is 5.91 Å². The molecular weight excluding hydrogens is 467 g/mol. The van der Waals surface area contributed by atoms with Crippen LogP contribution in [0.2, 0.25) is 5.02 Å². The van der Waals surface area contributed by atoms with E-state index in [0.29, 0.717) is 16.5 Å². The van der Waals surface area contributed by atoms with Gasteiger partial charge in [0, 0.05) is 16.1 Å². The van der Waals surface area contributed by atoms with E-state index >= 15 is 0 Å². The van der Waals surface area contributed by atoms with Crippen molar-refractivity contribution in [3.05, 3.63) is 94.5 Å². The predicted octanol–water partition coefficient (Wildman–Crippen LogP) is 8.19. The number of azo groups is 1. The van der Waals surface area contributed by atoms with Crippen LogP contribution in [0.4, 0.5) is 30.2 Å². The Hall–Kier alpha value is -3.91. The molecule has 0 atom stereocenters. The Labute approximate surface area is 197 Å². The summed E-state index contributed by atoms with van der Waals surface area (Å²) in [7, 11) is 0. The number of anilines is 1. The third kappa shape index (κ3) is 4.87. The van der Waals surface area contributed by atoms with Crippen LogP contribution in [0.25, 0.3) is 10.8 Å². The first-order valence-corrected chi connectivity index (χ1v) is 10.4. The minimum Gasteiger partial charge on any atom is -0.505 e. The number of benzene rings is 4. The summed E-state index contributed by atoms with van der Waals surface area (Å²) in [5, 5.41) is 22.2. The van der Waals surface area contributed by atoms with Crippen LogP contribution in [0.3, 0.4) is 0 Å². The Kier molecular flexibility index (Phi) is 6.26. The predicted molar refractivity (Wildman–Crippen MR) is 125 cm³/mol. The number of amides is 1. The highest BCUT2D eigenvalue weighted by Gasteiger charge is 2.33. The normalized spacial score (nSPS) is 11.8. The first kappa shape index (κ1) is 23.3. The molecular formula is C25H17ClF3N3O2. The lowest BCUT2D eigenvalue weighted by Crippen LogP contribution is -2.12. The van der Waals surface area contributed by atoms with Crippen LogP contribution in [-0.2, 0) is 6.18 Å². The van der Waals surface area contributed by atoms with E-state index < -0.39 is 29.1 Å². The van der Waals surface area contributed by atoms with Gasteiger partial charge in [0.15, 0.2) is 5.75 Å². The topological polar surface area (TPSA) is 74.0 Å². The molecule has 34 heavy (non-hydrogen) atoms. The van der Waals surface area contributed by atoms with Crippen molar-refractivity contribution >= 4 is 45.3 Å². The number of rotatable bonds is 4. The third-order valence-electron chi connectivity index (χ3n) is 5.07. The maximum atomic E-state index is 13.4. The van der Waals surface area contributed by atoms with Gasteiger partial charge in [0.1, 0.15) is 5.69 Å². The molecule has 0 radical (unpaired) electrons. The minimum absolute atomic E-state index is 0.0438. The van der Waals surface area contributed by atoms with E-state index in [4.69, 9.17) is 11.6 Å². The number of aryl methyl sites for hydroxylation is 1. The highest BCUT2D eigenvalue weighted by molar-refractivity contribution is 6.30. The molecule has 0 aromatic heterocycles. The Morgan fingerprint density at radius 1 is 0.971 bits per heavy atom. The van der Waals surface area contributed by atoms with Crippen LogP contribution in [0.5, 0.6) is 5.75 Å². The summed E-state index contributed by atoms with van der Waals surface area (Å²) in [5.74, 6) is -1.12. The molecule has 0 heterocycles. The second-order valence-electron chi connectivity index (χ2n) is 7.52. The zero-order chi connectivity index (χ0) is 24.5. The molecule has 0 spiro atoms. The summed E-state index contributed by atoms with van der Waals surface area (Å²) >= 11 is 5.86. The Bertz CT molecular complexity index is 1420. The maximum Gasteiger partial charge on any atom is 0.418 e. The molecule has 4 aromatic carbocycles. The van der Waals surface area contributed by atoms with Crippen molar-refractivity contribution < 1.29 is 23.1 Å². The average molecular weight is 484 g/mol. The van der Waals surface area contributed by atoms with Gasteiger partial charge >= 0.3 is 6.18 Å². The molecule has 4 aromatic rings. The van der Waals surface area contributed by atoms with Crippen LogP contribution >= 0.6 is 11.6 Å². The lowest BCUT2D eigenvalue weighted by atomic mass is 10.0. The summed E-state index contributed by atoms with van der Waals surface area (Å²) in [6.07, 6.45) is -4.68. The second-order valence-corrected chi connectivity index (χ2v) is 7.96. The smallest absolute Gasteiger partial charge is 0.418 e. The van der Waals surface area contributed by atoms with Crippen LogP contribution < -0.4 is 5.32 Å². The van der Waals surface area contributed by atoms with Crippen LogP contribution in [0.1, 0.15) is 21.5 Å². The standard InChI is InChI=1S/C25H17ClF3N3O2/c1-14-6-9-17(10-7-14)30-24(34)19-12-15-4-2-3-5-18(15)22(23(19)33)32-31-21-13-16(26)8-11-20(21)25(27,28)29/h2-13,33H,1H3,(H,30,34). The Morgan fingerprint density at radius 2 is 1.68 bits per heavy atom. The van der Waals surface area contributed by atoms with Gasteiger partial charge in [-0.15, -0.1) is 10.2 Å². The molecule has 2 N–H and O–H groups in total. The van der Waals surface area contributed by atoms with Crippen molar-refractivity contribution in [3.63, 3.8) is 0 Å². The van der Waals surface area contributed by atoms with Crippen molar-refractivity contribution in [2.75, 3.05) is 5.32 Å². The number of phenols is 1. The number of nitrogens with zero attached hydrogens (tertiary/aromatic N) is 2. The molecule has 0 unspecified atom stereocenters. The monoisotopic (exact) mass is 483 g/mol. The van der Waals surface area contributed by atoms with E-state index in [1.165, 1.54) is 6.07 Å². The number of alkyl halides is 3. The molecule has 0 aliphatic heterocycles. The number of halogens is 4. The maximum absolute atomic E-state index is 13.4. The van der Waals surface area contributed by atoms with Gasteiger partial charge in [-0.3, -0.25) is 4.79 Å². The fourth-order valence-corrected chi connectivity index (χ4v) is 3.52. The number of nitrogens with one attached hydrogen (secondary N) is 1. The fourth-order valence-electron chi connectivity index (χ4n) is 3.36. The molecule has 0 saturated heterocycles. The SMILES string of the molecule is Cc1ccc(NC(=O)c2cc3ccccc3c(N=Nc3cc(Cl)ccc3C(F)(F)F)c2O)cc1. The van der Waals surface area contributed by atoms with E-state index in [0.717, 1.165) is 23.8 Å². The summed E-state index contributed by atoms with van der Waals surface area (Å²) in [5.41, 5.74) is -0.264. The molecule has 172 valence electrons. The lowest BCUT2D eigenvalue weighted by Gasteiger charge is -2.12. The summed E-state index contributed by atoms with van der Waals surface area (Å²) < 4.78 is 40.2. The van der Waals surface area contributed by atoms with Gasteiger partial charge in [-0.05, 0) is 48.7 Å². The Balaban J connectivity index is 1.81. The Morgan fingerprint density at radius 3 is 2.38 bits per heavy atom. The zero-order valence-corrected chi connectivity index (χ0v) is 18.4. The quantitative estimate of drug-likeness (QED) is 0.287. The highest BCUT2D eigenvalue weighted by atomic mass is 35.5. The van der Waals surface area contributed by atoms with Crippen LogP contribution in [0.15, 0.2) is 83.0 Å². The minimum atomic E-state index is -4.68. The van der Waals surface area contributed by atoms with E-state index in [-0.39, 0.29) is 16.3 Å². The van der Waals surface area contributed by atoms with Gasteiger partial charge in [0.05, 0.1) is 16.8 Å². The van der Waals surface area contributed by atoms with E-state index in [1.807, 2.05) is 19.1 Å². The third-order valence-corrected chi connectivity index (χ3v) is 5.31. The van der Waals surface area contributed by atoms with Crippen molar-refractivity contribution in [2.45, 2.75) is 13.1 Å². The number of hydrogen-bond donors (Lipinski definition) is 2.